The minimum Gasteiger partial charge on any atom is -0.395 e. The Kier molecular flexibility index (Phi) is 5.32. The second kappa shape index (κ2) is 6.53. The first kappa shape index (κ1) is 14.7. The second-order valence-electron chi connectivity index (χ2n) is 3.44. The maximum atomic E-state index is 11.8. The molecular weight excluding hydrogens is 266 g/mol. The summed E-state index contributed by atoms with van der Waals surface area (Å²) in [6.45, 7) is -1.30. The van der Waals surface area contributed by atoms with Crippen LogP contribution in [0.3, 0.4) is 0 Å². The summed E-state index contributed by atoms with van der Waals surface area (Å²) in [5.41, 5.74) is -2.47. The van der Waals surface area contributed by atoms with Crippen LogP contribution in [-0.4, -0.2) is 43.0 Å². The summed E-state index contributed by atoms with van der Waals surface area (Å²) in [6, 6.07) is 0. The van der Waals surface area contributed by atoms with Gasteiger partial charge < -0.3 is 10.2 Å². The van der Waals surface area contributed by atoms with E-state index in [4.69, 9.17) is 21.8 Å². The van der Waals surface area contributed by atoms with Crippen molar-refractivity contribution in [2.45, 2.75) is 19.6 Å². The lowest BCUT2D eigenvalue weighted by molar-refractivity contribution is 0.251. The van der Waals surface area contributed by atoms with Crippen LogP contribution in [0.1, 0.15) is 0 Å². The monoisotopic (exact) mass is 279 g/mol. The van der Waals surface area contributed by atoms with Crippen molar-refractivity contribution in [3.05, 3.63) is 31.5 Å². The summed E-state index contributed by atoms with van der Waals surface area (Å²) in [4.78, 5) is 35.5. The zero-order chi connectivity index (χ0) is 13.7. The Balaban J connectivity index is 3.59. The Morgan fingerprint density at radius 2 is 1.11 bits per heavy atom. The second-order valence-corrected chi connectivity index (χ2v) is 3.82. The molecule has 0 aliphatic heterocycles. The lowest BCUT2D eigenvalue weighted by Crippen LogP contribution is -2.55. The van der Waals surface area contributed by atoms with Gasteiger partial charge in [-0.2, -0.15) is 0 Å². The summed E-state index contributed by atoms with van der Waals surface area (Å²) in [5.74, 6) is 0.0333. The molecule has 0 amide bonds. The number of aromatic nitrogens is 3. The van der Waals surface area contributed by atoms with Gasteiger partial charge in [-0.25, -0.2) is 28.1 Å². The van der Waals surface area contributed by atoms with Gasteiger partial charge in [0.2, 0.25) is 0 Å². The molecule has 0 aliphatic carbocycles. The fraction of sp³-hybridized carbons (Fsp3) is 0.667. The van der Waals surface area contributed by atoms with Gasteiger partial charge in [0.1, 0.15) is 0 Å². The van der Waals surface area contributed by atoms with Crippen molar-refractivity contribution in [1.29, 1.82) is 0 Å². The molecule has 1 aromatic rings. The first-order valence-electron chi connectivity index (χ1n) is 5.30. The summed E-state index contributed by atoms with van der Waals surface area (Å²) < 4.78 is 2.28. The molecule has 102 valence electrons. The van der Waals surface area contributed by atoms with Crippen molar-refractivity contribution >= 4 is 11.6 Å². The number of hydrogen-bond acceptors (Lipinski definition) is 5. The van der Waals surface area contributed by atoms with Gasteiger partial charge in [0.15, 0.2) is 0 Å². The van der Waals surface area contributed by atoms with E-state index in [0.717, 1.165) is 13.7 Å². The summed E-state index contributed by atoms with van der Waals surface area (Å²) in [5, 5.41) is 17.6. The molecule has 0 radical (unpaired) electrons. The van der Waals surface area contributed by atoms with Gasteiger partial charge in [-0.3, -0.25) is 0 Å². The Morgan fingerprint density at radius 1 is 0.778 bits per heavy atom. The first-order valence-corrected chi connectivity index (χ1v) is 5.84. The summed E-state index contributed by atoms with van der Waals surface area (Å²) in [6.07, 6.45) is 0. The number of rotatable bonds is 6. The molecule has 0 unspecified atom stereocenters. The third-order valence-electron chi connectivity index (χ3n) is 2.34. The normalized spacial score (nSPS) is 10.8. The van der Waals surface area contributed by atoms with E-state index in [1.165, 1.54) is 0 Å². The third kappa shape index (κ3) is 2.71. The zero-order valence-electron chi connectivity index (χ0n) is 9.58. The molecule has 18 heavy (non-hydrogen) atoms. The molecule has 2 N–H and O–H groups in total. The van der Waals surface area contributed by atoms with Crippen LogP contribution >= 0.6 is 11.6 Å². The van der Waals surface area contributed by atoms with Crippen molar-refractivity contribution in [3.8, 4) is 0 Å². The largest absolute Gasteiger partial charge is 0.395 e. The molecule has 1 rings (SSSR count). The summed E-state index contributed by atoms with van der Waals surface area (Å²) >= 11 is 5.48. The van der Waals surface area contributed by atoms with E-state index >= 15 is 0 Å². The quantitative estimate of drug-likeness (QED) is 0.555. The highest BCUT2D eigenvalue weighted by atomic mass is 35.5. The minimum absolute atomic E-state index is 0.0333. The number of halogens is 1. The molecule has 0 aliphatic rings. The maximum Gasteiger partial charge on any atom is 0.336 e. The molecule has 0 fully saturated rings. The van der Waals surface area contributed by atoms with Crippen molar-refractivity contribution in [2.24, 2.45) is 0 Å². The fourth-order valence-electron chi connectivity index (χ4n) is 1.54. The van der Waals surface area contributed by atoms with Crippen LogP contribution in [0.2, 0.25) is 0 Å². The van der Waals surface area contributed by atoms with E-state index in [0.29, 0.717) is 0 Å². The molecular formula is C9H14ClN3O5. The molecule has 0 bridgehead atoms. The molecule has 9 heteroatoms. The topological polar surface area (TPSA) is 106 Å². The van der Waals surface area contributed by atoms with Crippen LogP contribution in [0.4, 0.5) is 0 Å². The lowest BCUT2D eigenvalue weighted by Gasteiger charge is -2.11. The maximum absolute atomic E-state index is 11.8. The highest BCUT2D eigenvalue weighted by Gasteiger charge is 2.14. The molecule has 0 saturated heterocycles. The molecule has 0 aromatic carbocycles. The average molecular weight is 280 g/mol. The fourth-order valence-corrected chi connectivity index (χ4v) is 1.71. The van der Waals surface area contributed by atoms with E-state index in [9.17, 15) is 14.4 Å². The molecule has 0 atom stereocenters. The lowest BCUT2D eigenvalue weighted by atomic mass is 10.6. The Morgan fingerprint density at radius 3 is 1.39 bits per heavy atom. The predicted molar refractivity (Wildman–Crippen MR) is 64.1 cm³/mol. The van der Waals surface area contributed by atoms with Gasteiger partial charge in [-0.1, -0.05) is 0 Å². The van der Waals surface area contributed by atoms with Crippen LogP contribution in [-0.2, 0) is 19.6 Å². The molecule has 0 spiro atoms. The van der Waals surface area contributed by atoms with Gasteiger partial charge in [0.05, 0.1) is 26.3 Å². The molecule has 1 aromatic heterocycles. The number of alkyl halides is 1. The van der Waals surface area contributed by atoms with Crippen LogP contribution in [0.5, 0.6) is 0 Å². The minimum atomic E-state index is -0.848. The van der Waals surface area contributed by atoms with Gasteiger partial charge in [0, 0.05) is 12.4 Å². The van der Waals surface area contributed by atoms with Crippen LogP contribution in [0.25, 0.3) is 0 Å². The smallest absolute Gasteiger partial charge is 0.336 e. The van der Waals surface area contributed by atoms with Gasteiger partial charge in [0.25, 0.3) is 0 Å². The van der Waals surface area contributed by atoms with Gasteiger partial charge in [-0.05, 0) is 0 Å². The van der Waals surface area contributed by atoms with Crippen molar-refractivity contribution in [1.82, 2.24) is 13.7 Å². The zero-order valence-corrected chi connectivity index (χ0v) is 10.3. The SMILES string of the molecule is O=c1n(CCO)c(=O)n(CCCl)c(=O)n1CCO. The molecule has 1 heterocycles. The van der Waals surface area contributed by atoms with E-state index in [1.54, 1.807) is 0 Å². The standard InChI is InChI=1S/C9H14ClN3O5/c10-1-2-11-7(16)12(3-5-14)9(18)13(4-6-15)8(11)17/h14-15H,1-6H2. The predicted octanol–water partition coefficient (Wildman–Crippen LogP) is -2.60. The number of hydrogen-bond donors (Lipinski definition) is 2. The Hall–Kier alpha value is -1.38. The Labute approximate surface area is 106 Å². The number of aliphatic hydroxyl groups is 2. The number of aliphatic hydroxyl groups excluding tert-OH is 2. The highest BCUT2D eigenvalue weighted by Crippen LogP contribution is 1.80. The van der Waals surface area contributed by atoms with Crippen LogP contribution in [0, 0.1) is 0 Å². The van der Waals surface area contributed by atoms with E-state index in [-0.39, 0.29) is 25.5 Å². The van der Waals surface area contributed by atoms with Gasteiger partial charge in [-0.15, -0.1) is 11.6 Å². The molecule has 8 nitrogen and oxygen atoms in total. The number of nitrogens with zero attached hydrogens (tertiary/aromatic N) is 3. The van der Waals surface area contributed by atoms with Crippen molar-refractivity contribution in [3.63, 3.8) is 0 Å². The van der Waals surface area contributed by atoms with Crippen molar-refractivity contribution in [2.75, 3.05) is 19.1 Å². The highest BCUT2D eigenvalue weighted by molar-refractivity contribution is 6.17. The molecule has 0 saturated carbocycles. The van der Waals surface area contributed by atoms with Gasteiger partial charge >= 0.3 is 17.1 Å². The van der Waals surface area contributed by atoms with Crippen LogP contribution < -0.4 is 17.1 Å². The average Bonchev–Trinajstić information content (AvgIpc) is 2.35. The summed E-state index contributed by atoms with van der Waals surface area (Å²) in [7, 11) is 0. The Bertz CT molecular complexity index is 462. The van der Waals surface area contributed by atoms with Crippen molar-refractivity contribution < 1.29 is 10.2 Å². The first-order chi connectivity index (χ1) is 8.58. The van der Waals surface area contributed by atoms with E-state index < -0.39 is 30.3 Å². The van der Waals surface area contributed by atoms with E-state index in [2.05, 4.69) is 0 Å². The third-order valence-corrected chi connectivity index (χ3v) is 2.51. The van der Waals surface area contributed by atoms with Crippen LogP contribution in [0.15, 0.2) is 14.4 Å². The van der Waals surface area contributed by atoms with E-state index in [1.807, 2.05) is 0 Å².